The number of rotatable bonds is 1. The maximum atomic E-state index is 5.10. The van der Waals surface area contributed by atoms with Gasteiger partial charge < -0.3 is 4.42 Å². The molecule has 1 aliphatic heterocycles. The molecule has 14 heavy (non-hydrogen) atoms. The summed E-state index contributed by atoms with van der Waals surface area (Å²) in [5.74, 6) is 0. The van der Waals surface area contributed by atoms with Crippen molar-refractivity contribution >= 4 is 11.3 Å². The zero-order valence-electron chi connectivity index (χ0n) is 7.23. The molecule has 2 heterocycles. The van der Waals surface area contributed by atoms with Gasteiger partial charge in [0, 0.05) is 16.5 Å². The van der Waals surface area contributed by atoms with Crippen LogP contribution >= 0.6 is 11.3 Å². The van der Waals surface area contributed by atoms with Crippen LogP contribution in [0.4, 0.5) is 0 Å². The SMILES string of the molecule is [c]1nc(-c2ccc3coccc2-3)cs1. The molecule has 0 bridgehead atoms. The molecule has 67 valence electrons. The predicted molar refractivity (Wildman–Crippen MR) is 55.3 cm³/mol. The zero-order valence-corrected chi connectivity index (χ0v) is 8.04. The molecule has 1 aliphatic carbocycles. The van der Waals surface area contributed by atoms with Crippen molar-refractivity contribution in [3.63, 3.8) is 0 Å². The van der Waals surface area contributed by atoms with Crippen molar-refractivity contribution in [3.8, 4) is 22.4 Å². The lowest BCUT2D eigenvalue weighted by molar-refractivity contribution is 0.552. The Balaban J connectivity index is 2.25. The Morgan fingerprint density at radius 3 is 3.07 bits per heavy atom. The van der Waals surface area contributed by atoms with E-state index in [1.807, 2.05) is 17.5 Å². The maximum absolute atomic E-state index is 5.10. The van der Waals surface area contributed by atoms with E-state index < -0.39 is 0 Å². The lowest BCUT2D eigenvalue weighted by Crippen LogP contribution is -1.77. The van der Waals surface area contributed by atoms with Gasteiger partial charge in [-0.2, -0.15) is 0 Å². The van der Waals surface area contributed by atoms with Crippen molar-refractivity contribution in [2.24, 2.45) is 0 Å². The summed E-state index contributed by atoms with van der Waals surface area (Å²) in [7, 11) is 0. The van der Waals surface area contributed by atoms with Crippen LogP contribution in [0.5, 0.6) is 0 Å². The number of aromatic nitrogens is 1. The molecule has 3 heteroatoms. The molecule has 0 atom stereocenters. The van der Waals surface area contributed by atoms with Gasteiger partial charge in [-0.25, -0.2) is 4.98 Å². The molecule has 1 radical (unpaired) electrons. The first kappa shape index (κ1) is 7.76. The van der Waals surface area contributed by atoms with Crippen molar-refractivity contribution in [3.05, 3.63) is 41.6 Å². The first-order chi connectivity index (χ1) is 6.95. The van der Waals surface area contributed by atoms with Gasteiger partial charge in [0.1, 0.15) is 0 Å². The molecule has 0 fully saturated rings. The van der Waals surface area contributed by atoms with Gasteiger partial charge in [0.2, 0.25) is 0 Å². The summed E-state index contributed by atoms with van der Waals surface area (Å²) >= 11 is 1.49. The van der Waals surface area contributed by atoms with Gasteiger partial charge in [0.15, 0.2) is 5.51 Å². The molecule has 3 rings (SSSR count). The molecular formula is C11H6NOS. The van der Waals surface area contributed by atoms with E-state index in [0.717, 1.165) is 16.8 Å². The topological polar surface area (TPSA) is 26.0 Å². The number of nitrogens with zero attached hydrogens (tertiary/aromatic N) is 1. The van der Waals surface area contributed by atoms with E-state index in [1.54, 1.807) is 12.5 Å². The first-order valence-corrected chi connectivity index (χ1v) is 5.10. The van der Waals surface area contributed by atoms with Gasteiger partial charge >= 0.3 is 0 Å². The summed E-state index contributed by atoms with van der Waals surface area (Å²) in [6, 6.07) is 6.06. The van der Waals surface area contributed by atoms with Crippen LogP contribution in [0, 0.1) is 5.51 Å². The van der Waals surface area contributed by atoms with E-state index in [1.165, 1.54) is 16.9 Å². The van der Waals surface area contributed by atoms with Crippen LogP contribution in [-0.2, 0) is 0 Å². The van der Waals surface area contributed by atoms with Gasteiger partial charge in [-0.1, -0.05) is 12.1 Å². The lowest BCUT2D eigenvalue weighted by atomic mass is 10.1. The highest BCUT2D eigenvalue weighted by molar-refractivity contribution is 7.07. The molecule has 0 N–H and O–H groups in total. The van der Waals surface area contributed by atoms with E-state index in [4.69, 9.17) is 4.42 Å². The number of fused-ring (bicyclic) bond motifs is 1. The molecule has 0 spiro atoms. The van der Waals surface area contributed by atoms with E-state index in [0.29, 0.717) is 0 Å². The van der Waals surface area contributed by atoms with E-state index in [-0.39, 0.29) is 0 Å². The number of thiazole rings is 1. The fourth-order valence-corrected chi connectivity index (χ4v) is 2.04. The third kappa shape index (κ3) is 1.06. The predicted octanol–water partition coefficient (Wildman–Crippen LogP) is 3.31. The smallest absolute Gasteiger partial charge is 0.152 e. The highest BCUT2D eigenvalue weighted by Gasteiger charge is 2.11. The Hall–Kier alpha value is -1.61. The second-order valence-corrected chi connectivity index (χ2v) is 3.65. The Bertz CT molecular complexity index is 512. The molecular weight excluding hydrogens is 194 g/mol. The Morgan fingerprint density at radius 1 is 1.21 bits per heavy atom. The summed E-state index contributed by atoms with van der Waals surface area (Å²) in [6.45, 7) is 0. The summed E-state index contributed by atoms with van der Waals surface area (Å²) in [5, 5.41) is 2.00. The lowest BCUT2D eigenvalue weighted by Gasteiger charge is -1.99. The molecule has 0 amide bonds. The Morgan fingerprint density at radius 2 is 2.21 bits per heavy atom. The standard InChI is InChI=1S/C11H6NOS/c1-2-10(11-6-14-7-12-11)9-3-4-13-5-8(1)9/h1-6H. The molecule has 0 saturated heterocycles. The third-order valence-electron chi connectivity index (χ3n) is 2.20. The Kier molecular flexibility index (Phi) is 1.64. The van der Waals surface area contributed by atoms with Crippen LogP contribution in [-0.4, -0.2) is 4.98 Å². The highest BCUT2D eigenvalue weighted by Crippen LogP contribution is 2.34. The van der Waals surface area contributed by atoms with Gasteiger partial charge in [-0.3, -0.25) is 0 Å². The maximum Gasteiger partial charge on any atom is 0.152 e. The van der Waals surface area contributed by atoms with E-state index >= 15 is 0 Å². The second kappa shape index (κ2) is 2.96. The third-order valence-corrected chi connectivity index (χ3v) is 2.74. The minimum Gasteiger partial charge on any atom is -0.472 e. The van der Waals surface area contributed by atoms with Crippen LogP contribution in [0.2, 0.25) is 0 Å². The summed E-state index contributed by atoms with van der Waals surface area (Å²) in [4.78, 5) is 4.17. The molecule has 2 nitrogen and oxygen atoms in total. The van der Waals surface area contributed by atoms with Crippen molar-refractivity contribution in [2.45, 2.75) is 0 Å². The minimum absolute atomic E-state index is 0.983. The fraction of sp³-hybridized carbons (Fsp3) is 0. The van der Waals surface area contributed by atoms with Crippen LogP contribution in [0.25, 0.3) is 22.4 Å². The molecule has 1 aromatic heterocycles. The summed E-state index contributed by atoms with van der Waals surface area (Å²) < 4.78 is 5.10. The monoisotopic (exact) mass is 200 g/mol. The van der Waals surface area contributed by atoms with Crippen LogP contribution in [0.15, 0.2) is 40.5 Å². The second-order valence-electron chi connectivity index (χ2n) is 3.00. The van der Waals surface area contributed by atoms with Gasteiger partial charge in [-0.05, 0) is 11.6 Å². The molecule has 1 aromatic rings. The normalized spacial score (nSPS) is 10.9. The number of hydrogen-bond acceptors (Lipinski definition) is 3. The molecule has 0 saturated carbocycles. The largest absolute Gasteiger partial charge is 0.472 e. The zero-order chi connectivity index (χ0) is 9.38. The van der Waals surface area contributed by atoms with E-state index in [2.05, 4.69) is 16.6 Å². The molecule has 0 unspecified atom stereocenters. The Labute approximate surface area is 85.2 Å². The van der Waals surface area contributed by atoms with Gasteiger partial charge in [0.05, 0.1) is 18.2 Å². The minimum atomic E-state index is 0.983. The first-order valence-electron chi connectivity index (χ1n) is 4.22. The molecule has 2 aliphatic rings. The quantitative estimate of drug-likeness (QED) is 0.602. The van der Waals surface area contributed by atoms with Crippen molar-refractivity contribution in [2.75, 3.05) is 0 Å². The number of hydrogen-bond donors (Lipinski definition) is 0. The summed E-state index contributed by atoms with van der Waals surface area (Å²) in [5.41, 5.74) is 7.26. The summed E-state index contributed by atoms with van der Waals surface area (Å²) in [6.07, 6.45) is 3.43. The highest BCUT2D eigenvalue weighted by atomic mass is 32.1. The average Bonchev–Trinajstić information content (AvgIpc) is 2.85. The van der Waals surface area contributed by atoms with Crippen LogP contribution in [0.1, 0.15) is 0 Å². The van der Waals surface area contributed by atoms with Gasteiger partial charge in [0.25, 0.3) is 0 Å². The van der Waals surface area contributed by atoms with Crippen molar-refractivity contribution < 1.29 is 4.42 Å². The van der Waals surface area contributed by atoms with Crippen molar-refractivity contribution in [1.29, 1.82) is 0 Å². The average molecular weight is 200 g/mol. The van der Waals surface area contributed by atoms with Crippen LogP contribution in [0.3, 0.4) is 0 Å². The van der Waals surface area contributed by atoms with Crippen molar-refractivity contribution in [1.82, 2.24) is 4.98 Å². The van der Waals surface area contributed by atoms with Crippen LogP contribution < -0.4 is 0 Å². The fourth-order valence-electron chi connectivity index (χ4n) is 1.55. The van der Waals surface area contributed by atoms with Gasteiger partial charge in [-0.15, -0.1) is 11.3 Å². The van der Waals surface area contributed by atoms with E-state index in [9.17, 15) is 0 Å². The molecule has 0 aromatic carbocycles.